The van der Waals surface area contributed by atoms with E-state index < -0.39 is 11.8 Å². The van der Waals surface area contributed by atoms with Crippen molar-refractivity contribution in [1.82, 2.24) is 0 Å². The Hall–Kier alpha value is -1.98. The first-order chi connectivity index (χ1) is 9.45. The molecule has 0 unspecified atom stereocenters. The third-order valence-electron chi connectivity index (χ3n) is 2.38. The second kappa shape index (κ2) is 5.98. The van der Waals surface area contributed by atoms with Gasteiger partial charge in [0.15, 0.2) is 0 Å². The molecule has 0 fully saturated rings. The predicted molar refractivity (Wildman–Crippen MR) is 77.2 cm³/mol. The SMILES string of the molecule is O=C(Nc1ccc(O)cc1F)Nc1cc(Cl)ccc1Cl. The summed E-state index contributed by atoms with van der Waals surface area (Å²) in [6.45, 7) is 0. The van der Waals surface area contributed by atoms with Gasteiger partial charge in [0.2, 0.25) is 0 Å². The summed E-state index contributed by atoms with van der Waals surface area (Å²) in [5, 5.41) is 14.5. The Bertz CT molecular complexity index is 665. The molecule has 2 rings (SSSR count). The highest BCUT2D eigenvalue weighted by atomic mass is 35.5. The van der Waals surface area contributed by atoms with E-state index in [0.717, 1.165) is 6.07 Å². The van der Waals surface area contributed by atoms with Gasteiger partial charge in [0.05, 0.1) is 16.4 Å². The van der Waals surface area contributed by atoms with Crippen LogP contribution in [0.3, 0.4) is 0 Å². The van der Waals surface area contributed by atoms with Gasteiger partial charge in [-0.05, 0) is 30.3 Å². The minimum Gasteiger partial charge on any atom is -0.508 e. The Labute approximate surface area is 124 Å². The van der Waals surface area contributed by atoms with Crippen molar-refractivity contribution in [3.8, 4) is 5.75 Å². The van der Waals surface area contributed by atoms with Crippen molar-refractivity contribution in [2.75, 3.05) is 10.6 Å². The summed E-state index contributed by atoms with van der Waals surface area (Å²) in [6, 6.07) is 7.28. The first kappa shape index (κ1) is 14.4. The number of benzene rings is 2. The Balaban J connectivity index is 2.11. The normalized spacial score (nSPS) is 10.2. The zero-order chi connectivity index (χ0) is 14.7. The molecule has 20 heavy (non-hydrogen) atoms. The van der Waals surface area contributed by atoms with Gasteiger partial charge in [0.1, 0.15) is 11.6 Å². The maximum absolute atomic E-state index is 13.4. The van der Waals surface area contributed by atoms with Crippen LogP contribution in [0, 0.1) is 5.82 Å². The minimum atomic E-state index is -0.752. The molecule has 0 aliphatic carbocycles. The Morgan fingerprint density at radius 1 is 1.05 bits per heavy atom. The van der Waals surface area contributed by atoms with Crippen LogP contribution in [0.5, 0.6) is 5.75 Å². The molecule has 2 amide bonds. The highest BCUT2D eigenvalue weighted by Gasteiger charge is 2.09. The van der Waals surface area contributed by atoms with E-state index in [-0.39, 0.29) is 11.4 Å². The molecule has 0 atom stereocenters. The molecule has 4 nitrogen and oxygen atoms in total. The van der Waals surface area contributed by atoms with E-state index in [0.29, 0.717) is 15.7 Å². The smallest absolute Gasteiger partial charge is 0.323 e. The van der Waals surface area contributed by atoms with Crippen LogP contribution in [-0.2, 0) is 0 Å². The molecule has 2 aromatic rings. The van der Waals surface area contributed by atoms with E-state index >= 15 is 0 Å². The molecule has 3 N–H and O–H groups in total. The number of aromatic hydroxyl groups is 1. The molecular formula is C13H9Cl2FN2O2. The van der Waals surface area contributed by atoms with Gasteiger partial charge in [0, 0.05) is 11.1 Å². The molecule has 0 aliphatic rings. The Kier molecular flexibility index (Phi) is 4.32. The number of hydrogen-bond donors (Lipinski definition) is 3. The number of phenolic OH excluding ortho intramolecular Hbond substituents is 1. The monoisotopic (exact) mass is 314 g/mol. The van der Waals surface area contributed by atoms with Crippen molar-refractivity contribution >= 4 is 40.6 Å². The van der Waals surface area contributed by atoms with Crippen LogP contribution < -0.4 is 10.6 Å². The number of carbonyl (C=O) groups is 1. The van der Waals surface area contributed by atoms with E-state index in [1.165, 1.54) is 24.3 Å². The molecule has 0 bridgehead atoms. The Morgan fingerprint density at radius 3 is 2.45 bits per heavy atom. The van der Waals surface area contributed by atoms with Crippen molar-refractivity contribution in [3.05, 3.63) is 52.3 Å². The fourth-order valence-corrected chi connectivity index (χ4v) is 1.81. The quantitative estimate of drug-likeness (QED) is 0.715. The zero-order valence-corrected chi connectivity index (χ0v) is 11.5. The molecule has 104 valence electrons. The molecule has 7 heteroatoms. The number of phenols is 1. The number of anilines is 2. The third kappa shape index (κ3) is 3.53. The summed E-state index contributed by atoms with van der Waals surface area (Å²) >= 11 is 11.7. The van der Waals surface area contributed by atoms with E-state index in [1.54, 1.807) is 6.07 Å². The topological polar surface area (TPSA) is 61.4 Å². The van der Waals surface area contributed by atoms with E-state index in [9.17, 15) is 9.18 Å². The second-order valence-electron chi connectivity index (χ2n) is 3.87. The summed E-state index contributed by atoms with van der Waals surface area (Å²) in [6.07, 6.45) is 0. The number of halogens is 3. The van der Waals surface area contributed by atoms with Gasteiger partial charge in [-0.2, -0.15) is 0 Å². The summed E-state index contributed by atoms with van der Waals surface area (Å²) in [5.41, 5.74) is 0.231. The summed E-state index contributed by atoms with van der Waals surface area (Å²) in [7, 11) is 0. The number of nitrogens with one attached hydrogen (secondary N) is 2. The minimum absolute atomic E-state index is 0.0709. The Morgan fingerprint density at radius 2 is 1.75 bits per heavy atom. The number of carbonyl (C=O) groups excluding carboxylic acids is 1. The predicted octanol–water partition coefficient (Wildman–Crippen LogP) is 4.48. The molecule has 0 radical (unpaired) electrons. The average Bonchev–Trinajstić information content (AvgIpc) is 2.37. The van der Waals surface area contributed by atoms with Crippen molar-refractivity contribution in [3.63, 3.8) is 0 Å². The van der Waals surface area contributed by atoms with Crippen LogP contribution >= 0.6 is 23.2 Å². The fraction of sp³-hybridized carbons (Fsp3) is 0. The number of urea groups is 1. The van der Waals surface area contributed by atoms with Crippen LogP contribution in [0.25, 0.3) is 0 Å². The van der Waals surface area contributed by atoms with Gasteiger partial charge in [-0.3, -0.25) is 0 Å². The standard InChI is InChI=1S/C13H9Cl2FN2O2/c14-7-1-3-9(15)12(5-7)18-13(20)17-11-4-2-8(19)6-10(11)16/h1-6,19H,(H2,17,18,20). The lowest BCUT2D eigenvalue weighted by molar-refractivity contribution is 0.262. The van der Waals surface area contributed by atoms with E-state index in [4.69, 9.17) is 28.3 Å². The van der Waals surface area contributed by atoms with Gasteiger partial charge in [-0.25, -0.2) is 9.18 Å². The van der Waals surface area contributed by atoms with Crippen molar-refractivity contribution in [2.24, 2.45) is 0 Å². The zero-order valence-electron chi connectivity index (χ0n) is 9.95. The van der Waals surface area contributed by atoms with Gasteiger partial charge >= 0.3 is 6.03 Å². The van der Waals surface area contributed by atoms with Gasteiger partial charge in [0.25, 0.3) is 0 Å². The molecule has 0 saturated carbocycles. The molecule has 2 aromatic carbocycles. The summed E-state index contributed by atoms with van der Waals surface area (Å²) in [4.78, 5) is 11.7. The van der Waals surface area contributed by atoms with Crippen molar-refractivity contribution in [2.45, 2.75) is 0 Å². The van der Waals surface area contributed by atoms with Crippen molar-refractivity contribution < 1.29 is 14.3 Å². The van der Waals surface area contributed by atoms with Crippen LogP contribution in [0.15, 0.2) is 36.4 Å². The maximum Gasteiger partial charge on any atom is 0.323 e. The summed E-state index contributed by atoms with van der Waals surface area (Å²) in [5.74, 6) is -0.983. The molecule has 0 aliphatic heterocycles. The lowest BCUT2D eigenvalue weighted by Gasteiger charge is -2.10. The highest BCUT2D eigenvalue weighted by Crippen LogP contribution is 2.26. The number of hydrogen-bond acceptors (Lipinski definition) is 2. The molecule has 0 heterocycles. The average molecular weight is 315 g/mol. The number of amides is 2. The van der Waals surface area contributed by atoms with E-state index in [1.807, 2.05) is 0 Å². The van der Waals surface area contributed by atoms with Gasteiger partial charge in [-0.1, -0.05) is 23.2 Å². The molecular weight excluding hydrogens is 306 g/mol. The van der Waals surface area contributed by atoms with Crippen LogP contribution in [0.4, 0.5) is 20.6 Å². The maximum atomic E-state index is 13.4. The van der Waals surface area contributed by atoms with Crippen LogP contribution in [-0.4, -0.2) is 11.1 Å². The van der Waals surface area contributed by atoms with Crippen LogP contribution in [0.2, 0.25) is 10.0 Å². The lowest BCUT2D eigenvalue weighted by atomic mass is 10.3. The molecule has 0 saturated heterocycles. The number of rotatable bonds is 2. The fourth-order valence-electron chi connectivity index (χ4n) is 1.47. The van der Waals surface area contributed by atoms with Crippen molar-refractivity contribution in [1.29, 1.82) is 0 Å². The highest BCUT2D eigenvalue weighted by molar-refractivity contribution is 6.35. The second-order valence-corrected chi connectivity index (χ2v) is 4.71. The largest absolute Gasteiger partial charge is 0.508 e. The molecule has 0 spiro atoms. The lowest BCUT2D eigenvalue weighted by Crippen LogP contribution is -2.20. The first-order valence-electron chi connectivity index (χ1n) is 5.47. The third-order valence-corrected chi connectivity index (χ3v) is 2.94. The van der Waals surface area contributed by atoms with Gasteiger partial charge in [-0.15, -0.1) is 0 Å². The van der Waals surface area contributed by atoms with Gasteiger partial charge < -0.3 is 15.7 Å². The molecule has 0 aromatic heterocycles. The van der Waals surface area contributed by atoms with E-state index in [2.05, 4.69) is 10.6 Å². The first-order valence-corrected chi connectivity index (χ1v) is 6.23. The van der Waals surface area contributed by atoms with Crippen LogP contribution in [0.1, 0.15) is 0 Å². The summed E-state index contributed by atoms with van der Waals surface area (Å²) < 4.78 is 13.4.